The Morgan fingerprint density at radius 2 is 1.59 bits per heavy atom. The van der Waals surface area contributed by atoms with Crippen molar-refractivity contribution in [3.63, 3.8) is 0 Å². The molecule has 3 aromatic rings. The molecule has 29 heavy (non-hydrogen) atoms. The summed E-state index contributed by atoms with van der Waals surface area (Å²) in [5.41, 5.74) is 2.64. The lowest BCUT2D eigenvalue weighted by atomic mass is 10.1. The molecule has 1 aliphatic heterocycles. The third kappa shape index (κ3) is 4.74. The number of piperazine rings is 1. The molecule has 4 nitrogen and oxygen atoms in total. The molecule has 1 amide bonds. The number of rotatable bonds is 5. The minimum Gasteiger partial charge on any atom is -0.489 e. The first kappa shape index (κ1) is 19.0. The van der Waals surface area contributed by atoms with E-state index in [1.807, 2.05) is 54.6 Å². The van der Waals surface area contributed by atoms with Crippen LogP contribution in [0.25, 0.3) is 0 Å². The highest BCUT2D eigenvalue weighted by Gasteiger charge is 2.22. The van der Waals surface area contributed by atoms with Gasteiger partial charge >= 0.3 is 0 Å². The van der Waals surface area contributed by atoms with Crippen LogP contribution in [0.1, 0.15) is 15.9 Å². The van der Waals surface area contributed by atoms with Crippen LogP contribution in [0.4, 0.5) is 10.1 Å². The SMILES string of the molecule is O=C(c1cccc(F)c1)N1CCN(c2ccc(OCc3ccccc3)cc2)CC1. The Hall–Kier alpha value is -3.34. The van der Waals surface area contributed by atoms with E-state index in [-0.39, 0.29) is 11.7 Å². The van der Waals surface area contributed by atoms with Crippen molar-refractivity contribution in [2.24, 2.45) is 0 Å². The third-order valence-electron chi connectivity index (χ3n) is 5.09. The van der Waals surface area contributed by atoms with Crippen molar-refractivity contribution in [3.8, 4) is 5.75 Å². The first-order chi connectivity index (χ1) is 14.2. The molecule has 0 aromatic heterocycles. The molecular formula is C24H23FN2O2. The molecule has 0 saturated carbocycles. The van der Waals surface area contributed by atoms with E-state index in [4.69, 9.17) is 4.74 Å². The number of hydrogen-bond donors (Lipinski definition) is 0. The predicted octanol–water partition coefficient (Wildman–Crippen LogP) is 4.37. The molecule has 0 unspecified atom stereocenters. The molecular weight excluding hydrogens is 367 g/mol. The zero-order valence-electron chi connectivity index (χ0n) is 16.1. The monoisotopic (exact) mass is 390 g/mol. The molecule has 0 N–H and O–H groups in total. The maximum Gasteiger partial charge on any atom is 0.254 e. The summed E-state index contributed by atoms with van der Waals surface area (Å²) in [4.78, 5) is 16.6. The van der Waals surface area contributed by atoms with Gasteiger partial charge in [0.25, 0.3) is 5.91 Å². The molecule has 1 heterocycles. The summed E-state index contributed by atoms with van der Waals surface area (Å²) < 4.78 is 19.2. The van der Waals surface area contributed by atoms with E-state index < -0.39 is 0 Å². The van der Waals surface area contributed by atoms with Gasteiger partial charge in [0.05, 0.1) is 0 Å². The van der Waals surface area contributed by atoms with E-state index >= 15 is 0 Å². The lowest BCUT2D eigenvalue weighted by Gasteiger charge is -2.36. The Morgan fingerprint density at radius 3 is 2.28 bits per heavy atom. The van der Waals surface area contributed by atoms with Crippen LogP contribution in [-0.2, 0) is 6.61 Å². The number of nitrogens with zero attached hydrogens (tertiary/aromatic N) is 2. The molecule has 0 radical (unpaired) electrons. The number of anilines is 1. The van der Waals surface area contributed by atoms with Crippen molar-refractivity contribution in [1.82, 2.24) is 4.90 Å². The zero-order chi connectivity index (χ0) is 20.1. The topological polar surface area (TPSA) is 32.8 Å². The van der Waals surface area contributed by atoms with E-state index in [0.717, 1.165) is 30.1 Å². The maximum absolute atomic E-state index is 13.4. The van der Waals surface area contributed by atoms with Crippen molar-refractivity contribution < 1.29 is 13.9 Å². The number of benzene rings is 3. The quantitative estimate of drug-likeness (QED) is 0.649. The minimum atomic E-state index is -0.385. The lowest BCUT2D eigenvalue weighted by molar-refractivity contribution is 0.0746. The van der Waals surface area contributed by atoms with Gasteiger partial charge in [0.1, 0.15) is 18.2 Å². The van der Waals surface area contributed by atoms with E-state index in [9.17, 15) is 9.18 Å². The third-order valence-corrected chi connectivity index (χ3v) is 5.09. The second kappa shape index (κ2) is 8.78. The molecule has 1 fully saturated rings. The number of carbonyl (C=O) groups is 1. The Kier molecular flexibility index (Phi) is 5.75. The van der Waals surface area contributed by atoms with Gasteiger partial charge in [-0.3, -0.25) is 4.79 Å². The summed E-state index contributed by atoms with van der Waals surface area (Å²) >= 11 is 0. The summed E-state index contributed by atoms with van der Waals surface area (Å²) in [5.74, 6) is 0.329. The normalized spacial score (nSPS) is 14.0. The van der Waals surface area contributed by atoms with E-state index in [2.05, 4.69) is 4.90 Å². The Labute approximate surface area is 170 Å². The molecule has 1 saturated heterocycles. The highest BCUT2D eigenvalue weighted by atomic mass is 19.1. The molecule has 5 heteroatoms. The van der Waals surface area contributed by atoms with Gasteiger partial charge in [0, 0.05) is 37.4 Å². The summed E-state index contributed by atoms with van der Waals surface area (Å²) in [5, 5.41) is 0. The van der Waals surface area contributed by atoms with Crippen LogP contribution in [0.2, 0.25) is 0 Å². The van der Waals surface area contributed by atoms with Crippen molar-refractivity contribution in [2.75, 3.05) is 31.1 Å². The average molecular weight is 390 g/mol. The zero-order valence-corrected chi connectivity index (χ0v) is 16.1. The van der Waals surface area contributed by atoms with Crippen LogP contribution >= 0.6 is 0 Å². The number of amides is 1. The fourth-order valence-electron chi connectivity index (χ4n) is 3.47. The summed E-state index contributed by atoms with van der Waals surface area (Å²) in [6.45, 7) is 3.25. The van der Waals surface area contributed by atoms with Crippen LogP contribution < -0.4 is 9.64 Å². The number of carbonyl (C=O) groups excluding carboxylic acids is 1. The van der Waals surface area contributed by atoms with Crippen molar-refractivity contribution in [1.29, 1.82) is 0 Å². The maximum atomic E-state index is 13.4. The van der Waals surface area contributed by atoms with Crippen LogP contribution in [0, 0.1) is 5.82 Å². The molecule has 0 atom stereocenters. The highest BCUT2D eigenvalue weighted by molar-refractivity contribution is 5.94. The van der Waals surface area contributed by atoms with Crippen molar-refractivity contribution in [2.45, 2.75) is 6.61 Å². The van der Waals surface area contributed by atoms with Gasteiger partial charge in [-0.05, 0) is 48.0 Å². The van der Waals surface area contributed by atoms with E-state index in [1.54, 1.807) is 17.0 Å². The van der Waals surface area contributed by atoms with Gasteiger partial charge in [-0.15, -0.1) is 0 Å². The second-order valence-corrected chi connectivity index (χ2v) is 7.06. The number of ether oxygens (including phenoxy) is 1. The van der Waals surface area contributed by atoms with Crippen molar-refractivity contribution in [3.05, 3.63) is 95.8 Å². The molecule has 148 valence electrons. The van der Waals surface area contributed by atoms with Gasteiger partial charge < -0.3 is 14.5 Å². The highest BCUT2D eigenvalue weighted by Crippen LogP contribution is 2.22. The van der Waals surface area contributed by atoms with Gasteiger partial charge in [-0.25, -0.2) is 4.39 Å². The Morgan fingerprint density at radius 1 is 0.862 bits per heavy atom. The number of halogens is 1. The summed E-state index contributed by atoms with van der Waals surface area (Å²) in [7, 11) is 0. The van der Waals surface area contributed by atoms with Crippen LogP contribution in [0.3, 0.4) is 0 Å². The van der Waals surface area contributed by atoms with Crippen molar-refractivity contribution >= 4 is 11.6 Å². The molecule has 0 aliphatic carbocycles. The fourth-order valence-corrected chi connectivity index (χ4v) is 3.47. The van der Waals surface area contributed by atoms with Crippen LogP contribution in [0.5, 0.6) is 5.75 Å². The summed E-state index contributed by atoms with van der Waals surface area (Å²) in [6, 6.07) is 24.0. The Balaban J connectivity index is 1.31. The summed E-state index contributed by atoms with van der Waals surface area (Å²) in [6.07, 6.45) is 0. The standard InChI is InChI=1S/C24H23FN2O2/c25-21-8-4-7-20(17-21)24(28)27-15-13-26(14-16-27)22-9-11-23(12-10-22)29-18-19-5-2-1-3-6-19/h1-12,17H,13-16,18H2. The van der Waals surface area contributed by atoms with Crippen LogP contribution in [0.15, 0.2) is 78.9 Å². The second-order valence-electron chi connectivity index (χ2n) is 7.06. The smallest absolute Gasteiger partial charge is 0.254 e. The van der Waals surface area contributed by atoms with Gasteiger partial charge in [0.2, 0.25) is 0 Å². The molecule has 3 aromatic carbocycles. The Bertz CT molecular complexity index is 952. The average Bonchev–Trinajstić information content (AvgIpc) is 2.78. The molecule has 0 spiro atoms. The lowest BCUT2D eigenvalue weighted by Crippen LogP contribution is -2.48. The van der Waals surface area contributed by atoms with Gasteiger partial charge in [0.15, 0.2) is 0 Å². The largest absolute Gasteiger partial charge is 0.489 e. The molecule has 0 bridgehead atoms. The van der Waals surface area contributed by atoms with Crippen LogP contribution in [-0.4, -0.2) is 37.0 Å². The minimum absolute atomic E-state index is 0.117. The first-order valence-electron chi connectivity index (χ1n) is 9.76. The predicted molar refractivity (Wildman–Crippen MR) is 112 cm³/mol. The molecule has 4 rings (SSSR count). The van der Waals surface area contributed by atoms with Gasteiger partial charge in [-0.2, -0.15) is 0 Å². The molecule has 1 aliphatic rings. The number of hydrogen-bond acceptors (Lipinski definition) is 3. The first-order valence-corrected chi connectivity index (χ1v) is 9.76. The van der Waals surface area contributed by atoms with E-state index in [0.29, 0.717) is 25.3 Å². The van der Waals surface area contributed by atoms with E-state index in [1.165, 1.54) is 12.1 Å². The van der Waals surface area contributed by atoms with Gasteiger partial charge in [-0.1, -0.05) is 36.4 Å². The fraction of sp³-hybridized carbons (Fsp3) is 0.208.